The molecule has 0 spiro atoms. The predicted molar refractivity (Wildman–Crippen MR) is 90.1 cm³/mol. The highest BCUT2D eigenvalue weighted by atomic mass is 32.2. The van der Waals surface area contributed by atoms with E-state index in [1.807, 2.05) is 65.0 Å². The van der Waals surface area contributed by atoms with E-state index >= 15 is 0 Å². The summed E-state index contributed by atoms with van der Waals surface area (Å²) in [5.41, 5.74) is 1.05. The van der Waals surface area contributed by atoms with E-state index in [9.17, 15) is 8.42 Å². The summed E-state index contributed by atoms with van der Waals surface area (Å²) in [4.78, 5) is 0. The minimum Gasteiger partial charge on any atom is -0.309 e. The second-order valence-electron chi connectivity index (χ2n) is 6.38. The zero-order chi connectivity index (χ0) is 16.0. The second-order valence-corrected chi connectivity index (χ2v) is 8.58. The van der Waals surface area contributed by atoms with Crippen LogP contribution in [0.3, 0.4) is 0 Å². The quantitative estimate of drug-likeness (QED) is 0.800. The largest absolute Gasteiger partial charge is 0.309 e. The maximum absolute atomic E-state index is 12.8. The third kappa shape index (κ3) is 5.11. The molecule has 1 aromatic carbocycles. The molecule has 120 valence electrons. The summed E-state index contributed by atoms with van der Waals surface area (Å²) in [5.74, 6) is 0.456. The summed E-state index contributed by atoms with van der Waals surface area (Å²) in [5, 5.41) is 2.98. The molecule has 2 unspecified atom stereocenters. The zero-order valence-corrected chi connectivity index (χ0v) is 14.7. The van der Waals surface area contributed by atoms with Gasteiger partial charge in [-0.3, -0.25) is 0 Å². The molecule has 0 saturated heterocycles. The van der Waals surface area contributed by atoms with Crippen molar-refractivity contribution in [3.63, 3.8) is 0 Å². The normalized spacial score (nSPS) is 15.4. The fourth-order valence-electron chi connectivity index (χ4n) is 2.89. The Morgan fingerprint density at radius 1 is 1.05 bits per heavy atom. The molecule has 0 fully saturated rings. The summed E-state index contributed by atoms with van der Waals surface area (Å²) in [6.45, 7) is 10.7. The van der Waals surface area contributed by atoms with Crippen LogP contribution in [0.25, 0.3) is 0 Å². The van der Waals surface area contributed by atoms with Gasteiger partial charge in [-0.1, -0.05) is 65.0 Å². The SMILES string of the molecule is CCNC(c1ccccc1)C(C(C)C)S(=O)(=O)CC(C)C. The molecule has 1 rings (SSSR count). The molecule has 1 N–H and O–H groups in total. The maximum atomic E-state index is 12.8. The molecule has 1 aromatic rings. The van der Waals surface area contributed by atoms with Crippen LogP contribution >= 0.6 is 0 Å². The van der Waals surface area contributed by atoms with Gasteiger partial charge in [0, 0.05) is 6.04 Å². The first-order valence-electron chi connectivity index (χ1n) is 7.79. The number of benzene rings is 1. The van der Waals surface area contributed by atoms with Gasteiger partial charge in [0.1, 0.15) is 0 Å². The third-order valence-corrected chi connectivity index (χ3v) is 6.33. The predicted octanol–water partition coefficient (Wildman–Crippen LogP) is 3.43. The van der Waals surface area contributed by atoms with Crippen LogP contribution in [-0.4, -0.2) is 26.0 Å². The number of sulfone groups is 1. The van der Waals surface area contributed by atoms with Gasteiger partial charge in [0.05, 0.1) is 11.0 Å². The molecule has 2 atom stereocenters. The van der Waals surface area contributed by atoms with Crippen molar-refractivity contribution in [2.45, 2.75) is 45.9 Å². The molecule has 0 amide bonds. The Bertz CT molecular complexity index is 509. The van der Waals surface area contributed by atoms with Crippen LogP contribution in [0.15, 0.2) is 30.3 Å². The molecule has 3 nitrogen and oxygen atoms in total. The van der Waals surface area contributed by atoms with Gasteiger partial charge in [0.15, 0.2) is 9.84 Å². The second kappa shape index (κ2) is 7.95. The molecular formula is C17H29NO2S. The average molecular weight is 311 g/mol. The van der Waals surface area contributed by atoms with Gasteiger partial charge in [-0.25, -0.2) is 8.42 Å². The van der Waals surface area contributed by atoms with E-state index in [1.165, 1.54) is 0 Å². The molecule has 0 aliphatic heterocycles. The zero-order valence-electron chi connectivity index (χ0n) is 13.8. The van der Waals surface area contributed by atoms with E-state index in [4.69, 9.17) is 0 Å². The monoisotopic (exact) mass is 311 g/mol. The number of hydrogen-bond acceptors (Lipinski definition) is 3. The van der Waals surface area contributed by atoms with Crippen molar-refractivity contribution < 1.29 is 8.42 Å². The highest BCUT2D eigenvalue weighted by Crippen LogP contribution is 2.29. The molecule has 0 radical (unpaired) electrons. The fraction of sp³-hybridized carbons (Fsp3) is 0.647. The Labute approximate surface area is 130 Å². The number of nitrogens with one attached hydrogen (secondary N) is 1. The van der Waals surface area contributed by atoms with Crippen LogP contribution in [0.4, 0.5) is 0 Å². The lowest BCUT2D eigenvalue weighted by Gasteiger charge is -2.31. The van der Waals surface area contributed by atoms with Gasteiger partial charge in [-0.2, -0.15) is 0 Å². The van der Waals surface area contributed by atoms with Crippen molar-refractivity contribution in [3.05, 3.63) is 35.9 Å². The molecular weight excluding hydrogens is 282 g/mol. The van der Waals surface area contributed by atoms with Crippen molar-refractivity contribution in [2.75, 3.05) is 12.3 Å². The van der Waals surface area contributed by atoms with Crippen molar-refractivity contribution >= 4 is 9.84 Å². The Morgan fingerprint density at radius 2 is 1.62 bits per heavy atom. The van der Waals surface area contributed by atoms with Gasteiger partial charge < -0.3 is 5.32 Å². The molecule has 0 saturated carbocycles. The summed E-state index contributed by atoms with van der Waals surface area (Å²) in [7, 11) is -3.15. The van der Waals surface area contributed by atoms with E-state index in [-0.39, 0.29) is 23.6 Å². The summed E-state index contributed by atoms with van der Waals surface area (Å²) < 4.78 is 25.7. The molecule has 21 heavy (non-hydrogen) atoms. The van der Waals surface area contributed by atoms with E-state index in [1.54, 1.807) is 0 Å². The van der Waals surface area contributed by atoms with E-state index in [0.29, 0.717) is 0 Å². The van der Waals surface area contributed by atoms with Crippen LogP contribution in [0, 0.1) is 11.8 Å². The number of rotatable bonds is 8. The topological polar surface area (TPSA) is 46.2 Å². The van der Waals surface area contributed by atoms with Crippen LogP contribution in [0.5, 0.6) is 0 Å². The van der Waals surface area contributed by atoms with E-state index in [0.717, 1.165) is 12.1 Å². The summed E-state index contributed by atoms with van der Waals surface area (Å²) >= 11 is 0. The van der Waals surface area contributed by atoms with Gasteiger partial charge >= 0.3 is 0 Å². The van der Waals surface area contributed by atoms with Crippen molar-refractivity contribution in [3.8, 4) is 0 Å². The van der Waals surface area contributed by atoms with Crippen LogP contribution in [0.1, 0.15) is 46.2 Å². The van der Waals surface area contributed by atoms with Crippen molar-refractivity contribution in [2.24, 2.45) is 11.8 Å². The highest BCUT2D eigenvalue weighted by molar-refractivity contribution is 7.92. The Hall–Kier alpha value is -0.870. The van der Waals surface area contributed by atoms with Crippen LogP contribution in [-0.2, 0) is 9.84 Å². The lowest BCUT2D eigenvalue weighted by atomic mass is 9.96. The van der Waals surface area contributed by atoms with Gasteiger partial charge in [0.25, 0.3) is 0 Å². The first kappa shape index (κ1) is 18.2. The van der Waals surface area contributed by atoms with Crippen LogP contribution < -0.4 is 5.32 Å². The lowest BCUT2D eigenvalue weighted by molar-refractivity contribution is 0.425. The van der Waals surface area contributed by atoms with E-state index < -0.39 is 15.1 Å². The minimum atomic E-state index is -3.15. The van der Waals surface area contributed by atoms with Gasteiger partial charge in [-0.05, 0) is 23.9 Å². The smallest absolute Gasteiger partial charge is 0.155 e. The first-order chi connectivity index (χ1) is 9.79. The molecule has 0 aliphatic carbocycles. The highest BCUT2D eigenvalue weighted by Gasteiger charge is 2.36. The summed E-state index contributed by atoms with van der Waals surface area (Å²) in [6, 6.07) is 9.75. The Balaban J connectivity index is 3.22. The van der Waals surface area contributed by atoms with Gasteiger partial charge in [0.2, 0.25) is 0 Å². The lowest BCUT2D eigenvalue weighted by Crippen LogP contribution is -2.42. The minimum absolute atomic E-state index is 0.0676. The average Bonchev–Trinajstić information content (AvgIpc) is 2.37. The fourth-order valence-corrected chi connectivity index (χ4v) is 5.54. The van der Waals surface area contributed by atoms with Crippen molar-refractivity contribution in [1.29, 1.82) is 0 Å². The molecule has 0 heterocycles. The Morgan fingerprint density at radius 3 is 2.05 bits per heavy atom. The standard InChI is InChI=1S/C17H29NO2S/c1-6-18-16(15-10-8-7-9-11-15)17(14(4)5)21(19,20)12-13(2)3/h7-11,13-14,16-18H,6,12H2,1-5H3. The third-order valence-electron chi connectivity index (χ3n) is 3.55. The Kier molecular flexibility index (Phi) is 6.88. The molecule has 4 heteroatoms. The number of hydrogen-bond donors (Lipinski definition) is 1. The van der Waals surface area contributed by atoms with Gasteiger partial charge in [-0.15, -0.1) is 0 Å². The maximum Gasteiger partial charge on any atom is 0.155 e. The summed E-state index contributed by atoms with van der Waals surface area (Å²) in [6.07, 6.45) is 0. The molecule has 0 aromatic heterocycles. The first-order valence-corrected chi connectivity index (χ1v) is 9.51. The van der Waals surface area contributed by atoms with E-state index in [2.05, 4.69) is 5.32 Å². The molecule has 0 aliphatic rings. The van der Waals surface area contributed by atoms with Crippen molar-refractivity contribution in [1.82, 2.24) is 5.32 Å². The molecule has 0 bridgehead atoms. The van der Waals surface area contributed by atoms with Crippen LogP contribution in [0.2, 0.25) is 0 Å².